The number of H-pyrrole nitrogens is 1. The van der Waals surface area contributed by atoms with Crippen molar-refractivity contribution in [3.8, 4) is 0 Å². The van der Waals surface area contributed by atoms with Crippen LogP contribution in [0.1, 0.15) is 26.4 Å². The first-order chi connectivity index (χ1) is 13.5. The maximum atomic E-state index is 12.8. The lowest BCUT2D eigenvalue weighted by molar-refractivity contribution is 0.0302. The molecule has 1 fully saturated rings. The van der Waals surface area contributed by atoms with Gasteiger partial charge in [0.1, 0.15) is 5.69 Å². The van der Waals surface area contributed by atoms with Gasteiger partial charge in [0.25, 0.3) is 11.8 Å². The van der Waals surface area contributed by atoms with Crippen LogP contribution >= 0.6 is 15.9 Å². The Balaban J connectivity index is 1.57. The fourth-order valence-corrected chi connectivity index (χ4v) is 3.71. The number of benzene rings is 2. The van der Waals surface area contributed by atoms with Crippen molar-refractivity contribution >= 4 is 44.3 Å². The van der Waals surface area contributed by atoms with Crippen molar-refractivity contribution in [2.24, 2.45) is 0 Å². The van der Waals surface area contributed by atoms with Gasteiger partial charge in [-0.25, -0.2) is 0 Å². The van der Waals surface area contributed by atoms with Crippen LogP contribution in [0, 0.1) is 6.92 Å². The van der Waals surface area contributed by atoms with Gasteiger partial charge in [0.2, 0.25) is 0 Å². The molecule has 1 aliphatic rings. The number of hydrogen-bond donors (Lipinski definition) is 2. The fraction of sp³-hybridized carbons (Fsp3) is 0.238. The number of morpholine rings is 1. The van der Waals surface area contributed by atoms with Crippen LogP contribution in [0.25, 0.3) is 10.9 Å². The molecule has 144 valence electrons. The molecule has 0 bridgehead atoms. The molecule has 6 nitrogen and oxygen atoms in total. The van der Waals surface area contributed by atoms with E-state index in [1.165, 1.54) is 0 Å². The van der Waals surface area contributed by atoms with Crippen LogP contribution < -0.4 is 5.32 Å². The van der Waals surface area contributed by atoms with E-state index in [9.17, 15) is 9.59 Å². The fourth-order valence-electron chi connectivity index (χ4n) is 3.35. The summed E-state index contributed by atoms with van der Waals surface area (Å²) < 4.78 is 6.26. The molecule has 0 spiro atoms. The van der Waals surface area contributed by atoms with Crippen molar-refractivity contribution in [3.05, 3.63) is 63.8 Å². The Kier molecular flexibility index (Phi) is 5.19. The molecule has 3 aromatic rings. The van der Waals surface area contributed by atoms with Crippen LogP contribution in [0.2, 0.25) is 0 Å². The molecule has 2 amide bonds. The van der Waals surface area contributed by atoms with E-state index in [4.69, 9.17) is 4.74 Å². The van der Waals surface area contributed by atoms with Crippen LogP contribution in [-0.4, -0.2) is 48.0 Å². The monoisotopic (exact) mass is 441 g/mol. The number of amides is 2. The van der Waals surface area contributed by atoms with Gasteiger partial charge in [-0.15, -0.1) is 0 Å². The summed E-state index contributed by atoms with van der Waals surface area (Å²) in [6.07, 6.45) is 0. The standard InChI is InChI=1S/C21H20BrN3O3/c1-13-16(21(27)25-7-9-28-10-8-25)3-2-4-17(13)24-20(26)19-11-14-5-6-15(22)12-18(14)23-19/h2-6,11-12,23H,7-10H2,1H3,(H,24,26). The zero-order valence-electron chi connectivity index (χ0n) is 15.4. The summed E-state index contributed by atoms with van der Waals surface area (Å²) in [7, 11) is 0. The SMILES string of the molecule is Cc1c(NC(=O)c2cc3ccc(Br)cc3[nH]2)cccc1C(=O)N1CCOCC1. The first-order valence-electron chi connectivity index (χ1n) is 9.09. The second-order valence-corrected chi connectivity index (χ2v) is 7.67. The summed E-state index contributed by atoms with van der Waals surface area (Å²) in [6, 6.07) is 13.0. The van der Waals surface area contributed by atoms with Gasteiger partial charge in [-0.05, 0) is 42.8 Å². The van der Waals surface area contributed by atoms with E-state index in [0.717, 1.165) is 20.9 Å². The number of nitrogens with one attached hydrogen (secondary N) is 2. The number of rotatable bonds is 3. The number of aromatic amines is 1. The van der Waals surface area contributed by atoms with Crippen LogP contribution in [0.3, 0.4) is 0 Å². The van der Waals surface area contributed by atoms with Crippen LogP contribution in [0.5, 0.6) is 0 Å². The highest BCUT2D eigenvalue weighted by atomic mass is 79.9. The normalized spacial score (nSPS) is 14.3. The van der Waals surface area contributed by atoms with Gasteiger partial charge in [-0.3, -0.25) is 9.59 Å². The third kappa shape index (κ3) is 3.68. The van der Waals surface area contributed by atoms with Crippen LogP contribution in [0.15, 0.2) is 46.9 Å². The summed E-state index contributed by atoms with van der Waals surface area (Å²) in [4.78, 5) is 30.5. The highest BCUT2D eigenvalue weighted by molar-refractivity contribution is 9.10. The maximum absolute atomic E-state index is 12.8. The van der Waals surface area contributed by atoms with E-state index in [2.05, 4.69) is 26.2 Å². The number of ether oxygens (including phenoxy) is 1. The van der Waals surface area contributed by atoms with Crippen molar-refractivity contribution < 1.29 is 14.3 Å². The molecular formula is C21H20BrN3O3. The molecule has 1 saturated heterocycles. The van der Waals surface area contributed by atoms with Crippen LogP contribution in [-0.2, 0) is 4.74 Å². The molecule has 0 unspecified atom stereocenters. The molecule has 1 aliphatic heterocycles. The van der Waals surface area contributed by atoms with Gasteiger partial charge in [0.15, 0.2) is 0 Å². The molecular weight excluding hydrogens is 422 g/mol. The molecule has 7 heteroatoms. The molecule has 2 N–H and O–H groups in total. The van der Waals surface area contributed by atoms with E-state index < -0.39 is 0 Å². The maximum Gasteiger partial charge on any atom is 0.272 e. The third-order valence-corrected chi connectivity index (χ3v) is 5.43. The molecule has 2 heterocycles. The number of carbonyl (C=O) groups excluding carboxylic acids is 2. The molecule has 28 heavy (non-hydrogen) atoms. The minimum absolute atomic E-state index is 0.0349. The quantitative estimate of drug-likeness (QED) is 0.645. The minimum Gasteiger partial charge on any atom is -0.378 e. The highest BCUT2D eigenvalue weighted by Crippen LogP contribution is 2.24. The average molecular weight is 442 g/mol. The lowest BCUT2D eigenvalue weighted by Gasteiger charge is -2.27. The lowest BCUT2D eigenvalue weighted by atomic mass is 10.0. The molecule has 1 aromatic heterocycles. The number of hydrogen-bond acceptors (Lipinski definition) is 3. The van der Waals surface area contributed by atoms with Crippen LogP contribution in [0.4, 0.5) is 5.69 Å². The Hall–Kier alpha value is -2.64. The number of aromatic nitrogens is 1. The largest absolute Gasteiger partial charge is 0.378 e. The van der Waals surface area contributed by atoms with Gasteiger partial charge in [0, 0.05) is 39.7 Å². The third-order valence-electron chi connectivity index (χ3n) is 4.94. The molecule has 2 aromatic carbocycles. The molecule has 0 radical (unpaired) electrons. The zero-order chi connectivity index (χ0) is 19.7. The van der Waals surface area contributed by atoms with Gasteiger partial charge >= 0.3 is 0 Å². The predicted octanol–water partition coefficient (Wildman–Crippen LogP) is 3.96. The van der Waals surface area contributed by atoms with E-state index in [1.807, 2.05) is 37.3 Å². The van der Waals surface area contributed by atoms with Gasteiger partial charge in [-0.2, -0.15) is 0 Å². The molecule has 0 saturated carbocycles. The molecule has 0 aliphatic carbocycles. The second-order valence-electron chi connectivity index (χ2n) is 6.75. The second kappa shape index (κ2) is 7.77. The Labute approximate surface area is 171 Å². The van der Waals surface area contributed by atoms with Crippen molar-refractivity contribution in [1.82, 2.24) is 9.88 Å². The Bertz CT molecular complexity index is 1050. The number of carbonyl (C=O) groups is 2. The lowest BCUT2D eigenvalue weighted by Crippen LogP contribution is -2.41. The number of anilines is 1. The van der Waals surface area contributed by atoms with Gasteiger partial charge < -0.3 is 19.9 Å². The summed E-state index contributed by atoms with van der Waals surface area (Å²) >= 11 is 3.43. The van der Waals surface area contributed by atoms with E-state index in [0.29, 0.717) is 43.2 Å². The number of halogens is 1. The zero-order valence-corrected chi connectivity index (χ0v) is 17.0. The Morgan fingerprint density at radius 2 is 1.93 bits per heavy atom. The van der Waals surface area contributed by atoms with E-state index >= 15 is 0 Å². The molecule has 0 atom stereocenters. The predicted molar refractivity (Wildman–Crippen MR) is 112 cm³/mol. The average Bonchev–Trinajstić information content (AvgIpc) is 3.13. The van der Waals surface area contributed by atoms with E-state index in [-0.39, 0.29) is 11.8 Å². The number of nitrogens with zero attached hydrogens (tertiary/aromatic N) is 1. The summed E-state index contributed by atoms with van der Waals surface area (Å²) in [5.41, 5.74) is 3.33. The van der Waals surface area contributed by atoms with Gasteiger partial charge in [0.05, 0.1) is 13.2 Å². The molecule has 4 rings (SSSR count). The van der Waals surface area contributed by atoms with Crippen molar-refractivity contribution in [1.29, 1.82) is 0 Å². The van der Waals surface area contributed by atoms with E-state index in [1.54, 1.807) is 17.0 Å². The highest BCUT2D eigenvalue weighted by Gasteiger charge is 2.21. The summed E-state index contributed by atoms with van der Waals surface area (Å²) in [6.45, 7) is 4.13. The van der Waals surface area contributed by atoms with Crippen molar-refractivity contribution in [3.63, 3.8) is 0 Å². The summed E-state index contributed by atoms with van der Waals surface area (Å²) in [5.74, 6) is -0.279. The Morgan fingerprint density at radius 1 is 1.14 bits per heavy atom. The minimum atomic E-state index is -0.244. The number of fused-ring (bicyclic) bond motifs is 1. The Morgan fingerprint density at radius 3 is 2.71 bits per heavy atom. The van der Waals surface area contributed by atoms with Gasteiger partial charge in [-0.1, -0.05) is 28.1 Å². The smallest absolute Gasteiger partial charge is 0.272 e. The topological polar surface area (TPSA) is 74.4 Å². The van der Waals surface area contributed by atoms with Crippen molar-refractivity contribution in [2.75, 3.05) is 31.6 Å². The summed E-state index contributed by atoms with van der Waals surface area (Å²) in [5, 5.41) is 3.88. The van der Waals surface area contributed by atoms with Crippen molar-refractivity contribution in [2.45, 2.75) is 6.92 Å². The first-order valence-corrected chi connectivity index (χ1v) is 9.88. The first kappa shape index (κ1) is 18.7.